The van der Waals surface area contributed by atoms with Gasteiger partial charge in [-0.3, -0.25) is 0 Å². The Hall–Kier alpha value is -4.73. The van der Waals surface area contributed by atoms with Gasteiger partial charge in [-0.25, -0.2) is 4.79 Å². The molecule has 4 aromatic rings. The van der Waals surface area contributed by atoms with E-state index in [1.165, 1.54) is 0 Å². The molecular weight excluding hydrogens is 654 g/mol. The monoisotopic (exact) mass is 705 g/mol. The molecule has 1 fully saturated rings. The van der Waals surface area contributed by atoms with Crippen LogP contribution >= 0.6 is 0 Å². The van der Waals surface area contributed by atoms with E-state index < -0.39 is 24.0 Å². The van der Waals surface area contributed by atoms with Crippen molar-refractivity contribution in [3.63, 3.8) is 0 Å². The van der Waals surface area contributed by atoms with Crippen molar-refractivity contribution in [3.05, 3.63) is 150 Å². The average molecular weight is 706 g/mol. The molecule has 8 heteroatoms. The van der Waals surface area contributed by atoms with Crippen LogP contribution in [0, 0.1) is 0 Å². The van der Waals surface area contributed by atoms with Gasteiger partial charge in [0.05, 0.1) is 58.3 Å². The fraction of sp³-hybridized carbons (Fsp3) is 0.341. The van der Waals surface area contributed by atoms with Crippen molar-refractivity contribution in [2.24, 2.45) is 0 Å². The van der Waals surface area contributed by atoms with Crippen LogP contribution in [0.3, 0.4) is 0 Å². The van der Waals surface area contributed by atoms with Crippen molar-refractivity contribution in [1.82, 2.24) is 5.06 Å². The molecule has 1 aliphatic heterocycles. The first-order valence-corrected chi connectivity index (χ1v) is 17.9. The summed E-state index contributed by atoms with van der Waals surface area (Å²) in [4.78, 5) is 18.6. The molecule has 0 saturated carbocycles. The van der Waals surface area contributed by atoms with Gasteiger partial charge in [0.25, 0.3) is 0 Å². The normalized spacial score (nSPS) is 17.6. The highest BCUT2D eigenvalue weighted by atomic mass is 16.8. The van der Waals surface area contributed by atoms with Gasteiger partial charge in [0.2, 0.25) is 0 Å². The Kier molecular flexibility index (Phi) is 14.2. The predicted octanol–water partition coefficient (Wildman–Crippen LogP) is 9.40. The summed E-state index contributed by atoms with van der Waals surface area (Å²) < 4.78 is 30.7. The zero-order chi connectivity index (χ0) is 36.8. The summed E-state index contributed by atoms with van der Waals surface area (Å²) in [5, 5.41) is 1.60. The third kappa shape index (κ3) is 12.2. The Bertz CT molecular complexity index is 1620. The number of hydrogen-bond acceptors (Lipinski definition) is 8. The molecule has 0 unspecified atom stereocenters. The number of nitrogens with zero attached hydrogens (tertiary/aromatic N) is 1. The second-order valence-electron chi connectivity index (χ2n) is 13.8. The van der Waals surface area contributed by atoms with E-state index in [4.69, 9.17) is 28.5 Å². The quantitative estimate of drug-likeness (QED) is 0.0795. The van der Waals surface area contributed by atoms with Crippen LogP contribution < -0.4 is 4.74 Å². The standard InChI is InChI=1S/C44H51NO7/c1-6-33-14-18-36(19-15-33)31-49-40-28-45(52-43(46)51-44(3,4)5)29-41(50-32-37-20-16-34(7-2)17-21-37)42(40)38-22-24-39(25-23-38)48-27-11-26-47-30-35-12-9-8-10-13-35/h6-10,12-25,40-42H,1-2,11,26-32H2,3-5H3/t40-,41+,42-. The third-order valence-corrected chi connectivity index (χ3v) is 8.60. The van der Waals surface area contributed by atoms with Crippen LogP contribution in [0.1, 0.15) is 66.5 Å². The van der Waals surface area contributed by atoms with E-state index in [0.29, 0.717) is 46.1 Å². The molecule has 5 rings (SSSR count). The topological polar surface area (TPSA) is 75.7 Å². The van der Waals surface area contributed by atoms with Crippen LogP contribution in [-0.2, 0) is 43.6 Å². The summed E-state index contributed by atoms with van der Waals surface area (Å²) in [6.45, 7) is 16.2. The first-order valence-electron chi connectivity index (χ1n) is 17.9. The van der Waals surface area contributed by atoms with Crippen molar-refractivity contribution in [1.29, 1.82) is 0 Å². The van der Waals surface area contributed by atoms with Gasteiger partial charge in [-0.05, 0) is 66.3 Å². The first kappa shape index (κ1) is 38.5. The molecule has 4 aromatic carbocycles. The molecule has 52 heavy (non-hydrogen) atoms. The maximum atomic E-state index is 12.8. The zero-order valence-corrected chi connectivity index (χ0v) is 30.6. The Morgan fingerprint density at radius 3 is 1.77 bits per heavy atom. The highest BCUT2D eigenvalue weighted by Crippen LogP contribution is 2.35. The SMILES string of the molecule is C=Cc1ccc(CO[C@H]2CN(OC(=O)OC(C)(C)C)C[C@@H](OCc3ccc(C=C)cc3)[C@H]2c2ccc(OCCCOCc3ccccc3)cc2)cc1. The lowest BCUT2D eigenvalue weighted by molar-refractivity contribution is -0.209. The maximum Gasteiger partial charge on any atom is 0.528 e. The van der Waals surface area contributed by atoms with Crippen molar-refractivity contribution < 1.29 is 33.3 Å². The van der Waals surface area contributed by atoms with Crippen LogP contribution in [-0.4, -0.2) is 55.3 Å². The van der Waals surface area contributed by atoms with Gasteiger partial charge in [-0.2, -0.15) is 0 Å². The fourth-order valence-corrected chi connectivity index (χ4v) is 5.94. The third-order valence-electron chi connectivity index (χ3n) is 8.60. The number of hydroxylamine groups is 2. The molecule has 0 bridgehead atoms. The van der Waals surface area contributed by atoms with Gasteiger partial charge in [-0.1, -0.05) is 116 Å². The molecule has 3 atom stereocenters. The van der Waals surface area contributed by atoms with Crippen LogP contribution in [0.15, 0.2) is 116 Å². The Morgan fingerprint density at radius 1 is 0.712 bits per heavy atom. The molecule has 1 heterocycles. The minimum absolute atomic E-state index is 0.182. The minimum atomic E-state index is -0.768. The van der Waals surface area contributed by atoms with Crippen molar-refractivity contribution >= 4 is 18.3 Å². The smallest absolute Gasteiger partial charge is 0.494 e. The lowest BCUT2D eigenvalue weighted by atomic mass is 9.85. The molecule has 8 nitrogen and oxygen atoms in total. The van der Waals surface area contributed by atoms with Crippen molar-refractivity contribution in [3.8, 4) is 5.75 Å². The Labute approximate surface area is 308 Å². The molecule has 274 valence electrons. The van der Waals surface area contributed by atoms with E-state index in [9.17, 15) is 4.79 Å². The number of hydrogen-bond donors (Lipinski definition) is 0. The molecule has 0 radical (unpaired) electrons. The van der Waals surface area contributed by atoms with E-state index in [1.807, 2.05) is 91.0 Å². The molecule has 0 aliphatic carbocycles. The first-order chi connectivity index (χ1) is 25.2. The number of rotatable bonds is 17. The van der Waals surface area contributed by atoms with Crippen LogP contribution in [0.25, 0.3) is 12.2 Å². The molecule has 0 N–H and O–H groups in total. The lowest BCUT2D eigenvalue weighted by Crippen LogP contribution is -2.53. The van der Waals surface area contributed by atoms with Crippen molar-refractivity contribution in [2.75, 3.05) is 26.3 Å². The number of carbonyl (C=O) groups is 1. The number of carbonyl (C=O) groups excluding carboxylic acids is 1. The molecule has 1 aliphatic rings. The summed E-state index contributed by atoms with van der Waals surface area (Å²) in [6, 6.07) is 34.4. The number of piperidine rings is 1. The van der Waals surface area contributed by atoms with Gasteiger partial charge in [0.1, 0.15) is 11.4 Å². The van der Waals surface area contributed by atoms with Gasteiger partial charge >= 0.3 is 6.16 Å². The highest BCUT2D eigenvalue weighted by Gasteiger charge is 2.41. The van der Waals surface area contributed by atoms with E-state index in [0.717, 1.165) is 45.6 Å². The molecule has 1 saturated heterocycles. The second-order valence-corrected chi connectivity index (χ2v) is 13.8. The molecular formula is C44H51NO7. The largest absolute Gasteiger partial charge is 0.528 e. The maximum absolute atomic E-state index is 12.8. The summed E-state index contributed by atoms with van der Waals surface area (Å²) in [5.41, 5.74) is 5.60. The number of benzene rings is 4. The van der Waals surface area contributed by atoms with Crippen LogP contribution in [0.5, 0.6) is 5.75 Å². The van der Waals surface area contributed by atoms with E-state index >= 15 is 0 Å². The van der Waals surface area contributed by atoms with Crippen molar-refractivity contribution in [2.45, 2.75) is 70.7 Å². The summed E-state index contributed by atoms with van der Waals surface area (Å²) in [5.74, 6) is 0.593. The summed E-state index contributed by atoms with van der Waals surface area (Å²) in [6.07, 6.45) is 2.85. The summed E-state index contributed by atoms with van der Waals surface area (Å²) in [7, 11) is 0. The highest BCUT2D eigenvalue weighted by molar-refractivity contribution is 5.60. The van der Waals surface area contributed by atoms with Gasteiger partial charge in [0, 0.05) is 12.3 Å². The minimum Gasteiger partial charge on any atom is -0.494 e. The van der Waals surface area contributed by atoms with Gasteiger partial charge in [0.15, 0.2) is 0 Å². The summed E-state index contributed by atoms with van der Waals surface area (Å²) >= 11 is 0. The molecule has 0 spiro atoms. The van der Waals surface area contributed by atoms with Gasteiger partial charge in [-0.15, -0.1) is 5.06 Å². The second kappa shape index (κ2) is 19.2. The van der Waals surface area contributed by atoms with Gasteiger partial charge < -0.3 is 28.5 Å². The predicted molar refractivity (Wildman–Crippen MR) is 205 cm³/mol. The van der Waals surface area contributed by atoms with E-state index in [-0.39, 0.29) is 5.92 Å². The molecule has 0 amide bonds. The average Bonchev–Trinajstić information content (AvgIpc) is 3.14. The lowest BCUT2D eigenvalue weighted by Gasteiger charge is -2.42. The Morgan fingerprint density at radius 2 is 1.25 bits per heavy atom. The molecule has 0 aromatic heterocycles. The van der Waals surface area contributed by atoms with E-state index in [1.54, 1.807) is 25.8 Å². The van der Waals surface area contributed by atoms with Crippen LogP contribution in [0.4, 0.5) is 4.79 Å². The zero-order valence-electron chi connectivity index (χ0n) is 30.6. The number of ether oxygens (including phenoxy) is 5. The fourth-order valence-electron chi connectivity index (χ4n) is 5.94. The van der Waals surface area contributed by atoms with E-state index in [2.05, 4.69) is 37.4 Å². The van der Waals surface area contributed by atoms with Crippen LogP contribution in [0.2, 0.25) is 0 Å². The Balaban J connectivity index is 1.31.